The van der Waals surface area contributed by atoms with Gasteiger partial charge in [0.25, 0.3) is 11.6 Å². The Morgan fingerprint density at radius 2 is 2.00 bits per heavy atom. The van der Waals surface area contributed by atoms with E-state index >= 15 is 0 Å². The van der Waals surface area contributed by atoms with Crippen LogP contribution in [0.2, 0.25) is 10.0 Å². The lowest BCUT2D eigenvalue weighted by molar-refractivity contribution is -0.384. The molecule has 36 heavy (non-hydrogen) atoms. The number of nitrogens with zero attached hydrogens (tertiary/aromatic N) is 3. The average Bonchev–Trinajstić information content (AvgIpc) is 3.41. The van der Waals surface area contributed by atoms with Crippen LogP contribution in [0.4, 0.5) is 11.4 Å². The Balaban J connectivity index is 1.58. The second-order valence-electron chi connectivity index (χ2n) is 7.38. The van der Waals surface area contributed by atoms with Gasteiger partial charge in [0, 0.05) is 24.8 Å². The summed E-state index contributed by atoms with van der Waals surface area (Å²) in [5, 5.41) is 11.5. The number of esters is 1. The lowest BCUT2D eigenvalue weighted by Gasteiger charge is -2.07. The van der Waals surface area contributed by atoms with Crippen molar-refractivity contribution in [2.75, 3.05) is 13.7 Å². The van der Waals surface area contributed by atoms with Crippen LogP contribution in [0, 0.1) is 10.1 Å². The molecule has 184 valence electrons. The Labute approximate surface area is 219 Å². The summed E-state index contributed by atoms with van der Waals surface area (Å²) in [7, 11) is 1.59. The highest BCUT2D eigenvalue weighted by atomic mass is 35.5. The van der Waals surface area contributed by atoms with Crippen molar-refractivity contribution >= 4 is 69.5 Å². The van der Waals surface area contributed by atoms with Crippen molar-refractivity contribution in [2.45, 2.75) is 6.92 Å². The van der Waals surface area contributed by atoms with Gasteiger partial charge in [0.1, 0.15) is 16.5 Å². The molecule has 1 fully saturated rings. The summed E-state index contributed by atoms with van der Waals surface area (Å²) < 4.78 is 10.8. The lowest BCUT2D eigenvalue weighted by Crippen LogP contribution is -2.23. The van der Waals surface area contributed by atoms with E-state index in [0.29, 0.717) is 38.4 Å². The Morgan fingerprint density at radius 3 is 2.72 bits per heavy atom. The van der Waals surface area contributed by atoms with Gasteiger partial charge in [-0.1, -0.05) is 29.3 Å². The van der Waals surface area contributed by atoms with Crippen molar-refractivity contribution in [1.82, 2.24) is 4.90 Å². The average molecular weight is 546 g/mol. The number of aliphatic imine (C=N–C) groups is 1. The zero-order chi connectivity index (χ0) is 26.0. The number of amidine groups is 1. The second-order valence-corrected chi connectivity index (χ2v) is 9.21. The van der Waals surface area contributed by atoms with E-state index in [1.165, 1.54) is 11.0 Å². The molecule has 0 N–H and O–H groups in total. The smallest absolute Gasteiger partial charge is 0.338 e. The van der Waals surface area contributed by atoms with E-state index in [4.69, 9.17) is 32.4 Å². The van der Waals surface area contributed by atoms with Crippen molar-refractivity contribution < 1.29 is 23.7 Å². The molecule has 0 radical (unpaired) electrons. The van der Waals surface area contributed by atoms with Crippen LogP contribution in [0.3, 0.4) is 0 Å². The van der Waals surface area contributed by atoms with Crippen molar-refractivity contribution in [3.63, 3.8) is 0 Å². The van der Waals surface area contributed by atoms with Crippen LogP contribution in [-0.4, -0.2) is 40.5 Å². The quantitative estimate of drug-likeness (QED) is 0.149. The van der Waals surface area contributed by atoms with Crippen molar-refractivity contribution in [3.8, 4) is 11.3 Å². The lowest BCUT2D eigenvalue weighted by atomic mass is 10.1. The van der Waals surface area contributed by atoms with Gasteiger partial charge in [0.15, 0.2) is 5.17 Å². The molecule has 0 spiro atoms. The number of nitro benzene ring substituents is 1. The monoisotopic (exact) mass is 545 g/mol. The third-order valence-electron chi connectivity index (χ3n) is 4.98. The maximum absolute atomic E-state index is 12.8. The number of likely N-dealkylation sites (N-methyl/N-ethyl adjacent to an activating group) is 1. The maximum Gasteiger partial charge on any atom is 0.338 e. The molecule has 1 aliphatic rings. The number of rotatable bonds is 6. The number of thioether (sulfide) groups is 1. The number of carbonyl (C=O) groups excluding carboxylic acids is 2. The summed E-state index contributed by atoms with van der Waals surface area (Å²) in [6, 6.07) is 12.4. The van der Waals surface area contributed by atoms with Crippen LogP contribution < -0.4 is 0 Å². The zero-order valence-corrected chi connectivity index (χ0v) is 21.2. The van der Waals surface area contributed by atoms with Crippen molar-refractivity contribution in [2.24, 2.45) is 4.99 Å². The highest BCUT2D eigenvalue weighted by molar-refractivity contribution is 8.18. The minimum atomic E-state index is -0.623. The van der Waals surface area contributed by atoms with Crippen LogP contribution in [0.1, 0.15) is 23.0 Å². The third-order valence-corrected chi connectivity index (χ3v) is 6.66. The molecule has 9 nitrogen and oxygen atoms in total. The van der Waals surface area contributed by atoms with E-state index in [2.05, 4.69) is 4.99 Å². The van der Waals surface area contributed by atoms with Gasteiger partial charge in [-0.25, -0.2) is 9.79 Å². The Hall–Kier alpha value is -3.60. The summed E-state index contributed by atoms with van der Waals surface area (Å²) in [5.74, 6) is -0.0381. The highest BCUT2D eigenvalue weighted by Gasteiger charge is 2.31. The van der Waals surface area contributed by atoms with Crippen LogP contribution in [-0.2, 0) is 9.53 Å². The highest BCUT2D eigenvalue weighted by Crippen LogP contribution is 2.38. The van der Waals surface area contributed by atoms with E-state index in [9.17, 15) is 19.7 Å². The molecule has 0 saturated carbocycles. The van der Waals surface area contributed by atoms with Gasteiger partial charge in [0.05, 0.1) is 32.7 Å². The molecular weight excluding hydrogens is 529 g/mol. The van der Waals surface area contributed by atoms with E-state index < -0.39 is 10.9 Å². The number of hydrogen-bond acceptors (Lipinski definition) is 8. The first-order valence-corrected chi connectivity index (χ1v) is 12.0. The Kier molecular flexibility index (Phi) is 7.48. The number of nitro groups is 1. The number of hydrogen-bond donors (Lipinski definition) is 0. The van der Waals surface area contributed by atoms with Crippen molar-refractivity contribution in [3.05, 3.63) is 84.9 Å². The molecule has 0 unspecified atom stereocenters. The van der Waals surface area contributed by atoms with Crippen molar-refractivity contribution in [1.29, 1.82) is 0 Å². The fourth-order valence-electron chi connectivity index (χ4n) is 3.25. The summed E-state index contributed by atoms with van der Waals surface area (Å²) in [5.41, 5.74) is 0.923. The van der Waals surface area contributed by atoms with Gasteiger partial charge in [-0.2, -0.15) is 0 Å². The first-order valence-electron chi connectivity index (χ1n) is 10.4. The molecule has 2 aromatic carbocycles. The number of amides is 1. The predicted octanol–water partition coefficient (Wildman–Crippen LogP) is 6.57. The first kappa shape index (κ1) is 25.5. The van der Waals surface area contributed by atoms with Crippen LogP contribution in [0.25, 0.3) is 17.4 Å². The summed E-state index contributed by atoms with van der Waals surface area (Å²) in [6.07, 6.45) is 1.56. The third kappa shape index (κ3) is 5.30. The number of benzene rings is 2. The molecule has 0 bridgehead atoms. The van der Waals surface area contributed by atoms with Gasteiger partial charge in [-0.15, -0.1) is 0 Å². The molecule has 0 atom stereocenters. The molecule has 3 aromatic rings. The number of ether oxygens (including phenoxy) is 1. The predicted molar refractivity (Wildman–Crippen MR) is 139 cm³/mol. The minimum absolute atomic E-state index is 0.0771. The van der Waals surface area contributed by atoms with Gasteiger partial charge in [0.2, 0.25) is 0 Å². The van der Waals surface area contributed by atoms with E-state index in [1.54, 1.807) is 56.4 Å². The Bertz CT molecular complexity index is 1450. The largest absolute Gasteiger partial charge is 0.462 e. The number of halogens is 2. The first-order chi connectivity index (χ1) is 17.2. The fourth-order valence-corrected chi connectivity index (χ4v) is 4.70. The maximum atomic E-state index is 12.8. The topological polar surface area (TPSA) is 115 Å². The van der Waals surface area contributed by atoms with E-state index in [0.717, 1.165) is 17.8 Å². The van der Waals surface area contributed by atoms with Gasteiger partial charge < -0.3 is 9.15 Å². The van der Waals surface area contributed by atoms with E-state index in [-0.39, 0.29) is 28.2 Å². The Morgan fingerprint density at radius 1 is 1.22 bits per heavy atom. The molecule has 4 rings (SSSR count). The number of furan rings is 1. The van der Waals surface area contributed by atoms with Gasteiger partial charge >= 0.3 is 5.97 Å². The molecule has 1 aromatic heterocycles. The molecule has 1 saturated heterocycles. The molecule has 12 heteroatoms. The zero-order valence-electron chi connectivity index (χ0n) is 18.9. The summed E-state index contributed by atoms with van der Waals surface area (Å²) in [6.45, 7) is 1.99. The SMILES string of the molecule is CCOC(=O)c1cccc(N=C2SC(=Cc3ccc(-c4cc(Cl)c([N+](=O)[O-])cc4Cl)o3)C(=O)N2C)c1. The fraction of sp³-hybridized carbons (Fsp3) is 0.125. The van der Waals surface area contributed by atoms with Gasteiger partial charge in [-0.3, -0.25) is 19.8 Å². The molecular formula is C24H17Cl2N3O6S. The normalized spacial score (nSPS) is 15.7. The number of carbonyl (C=O) groups is 2. The van der Waals surface area contributed by atoms with Crippen LogP contribution in [0.15, 0.2) is 62.8 Å². The molecule has 0 aliphatic carbocycles. The standard InChI is InChI=1S/C24H17Cl2N3O6S/c1-3-34-23(31)13-5-4-6-14(9-13)27-24-28(2)22(30)21(36-24)10-15-7-8-20(35-15)16-11-18(26)19(29(32)33)12-17(16)25/h4-12H,3H2,1-2H3. The molecule has 1 aliphatic heterocycles. The minimum Gasteiger partial charge on any atom is -0.462 e. The summed E-state index contributed by atoms with van der Waals surface area (Å²) >= 11 is 13.3. The van der Waals surface area contributed by atoms with Gasteiger partial charge in [-0.05, 0) is 55.1 Å². The van der Waals surface area contributed by atoms with E-state index in [1.807, 2.05) is 0 Å². The molecule has 2 heterocycles. The van der Waals surface area contributed by atoms with Crippen LogP contribution in [0.5, 0.6) is 0 Å². The summed E-state index contributed by atoms with van der Waals surface area (Å²) in [4.78, 5) is 41.5. The van der Waals surface area contributed by atoms with Crippen LogP contribution >= 0.6 is 35.0 Å². The molecule has 1 amide bonds. The second kappa shape index (κ2) is 10.6.